The average Bonchev–Trinajstić information content (AvgIpc) is 2.58. The fourth-order valence-electron chi connectivity index (χ4n) is 2.45. The van der Waals surface area contributed by atoms with Crippen molar-refractivity contribution in [3.05, 3.63) is 57.1 Å². The standard InChI is InChI=1S/C17H21N3O6S2/c1-11-6-7-14(10-17(11)20(21)22)27(23,24)18-16-9-15(8-12(2)13(16)3)28(25,26)19(4)5/h6-10,18H,1-5H3. The minimum atomic E-state index is -4.17. The summed E-state index contributed by atoms with van der Waals surface area (Å²) in [5, 5.41) is 11.1. The van der Waals surface area contributed by atoms with E-state index in [0.29, 0.717) is 16.7 Å². The van der Waals surface area contributed by atoms with Crippen molar-refractivity contribution in [3.8, 4) is 0 Å². The maximum Gasteiger partial charge on any atom is 0.273 e. The monoisotopic (exact) mass is 427 g/mol. The largest absolute Gasteiger partial charge is 0.279 e. The quantitative estimate of drug-likeness (QED) is 0.558. The number of nitro groups is 1. The molecule has 0 saturated carbocycles. The third-order valence-electron chi connectivity index (χ3n) is 4.35. The van der Waals surface area contributed by atoms with Crippen LogP contribution >= 0.6 is 0 Å². The molecule has 152 valence electrons. The van der Waals surface area contributed by atoms with E-state index in [9.17, 15) is 26.9 Å². The van der Waals surface area contributed by atoms with Gasteiger partial charge in [-0.3, -0.25) is 14.8 Å². The maximum absolute atomic E-state index is 12.8. The summed E-state index contributed by atoms with van der Waals surface area (Å²) in [6.45, 7) is 4.82. The van der Waals surface area contributed by atoms with E-state index < -0.39 is 25.0 Å². The van der Waals surface area contributed by atoms with Crippen molar-refractivity contribution in [1.29, 1.82) is 0 Å². The minimum Gasteiger partial charge on any atom is -0.279 e. The second-order valence-electron chi connectivity index (χ2n) is 6.51. The van der Waals surface area contributed by atoms with Crippen molar-refractivity contribution in [1.82, 2.24) is 4.31 Å². The normalized spacial score (nSPS) is 12.2. The van der Waals surface area contributed by atoms with Gasteiger partial charge in [0.2, 0.25) is 10.0 Å². The van der Waals surface area contributed by atoms with Crippen LogP contribution in [-0.4, -0.2) is 40.2 Å². The van der Waals surface area contributed by atoms with Gasteiger partial charge in [0.05, 0.1) is 20.4 Å². The second kappa shape index (κ2) is 7.49. The van der Waals surface area contributed by atoms with Crippen LogP contribution in [0.25, 0.3) is 0 Å². The van der Waals surface area contributed by atoms with Gasteiger partial charge in [-0.05, 0) is 50.1 Å². The van der Waals surface area contributed by atoms with E-state index in [1.54, 1.807) is 13.8 Å². The molecule has 0 saturated heterocycles. The van der Waals surface area contributed by atoms with Crippen molar-refractivity contribution in [2.24, 2.45) is 0 Å². The number of nitrogens with one attached hydrogen (secondary N) is 1. The Labute approximate surface area is 164 Å². The zero-order valence-electron chi connectivity index (χ0n) is 16.0. The van der Waals surface area contributed by atoms with Crippen molar-refractivity contribution in [3.63, 3.8) is 0 Å². The zero-order chi connectivity index (χ0) is 21.4. The van der Waals surface area contributed by atoms with E-state index in [4.69, 9.17) is 0 Å². The molecule has 2 aromatic carbocycles. The third-order valence-corrected chi connectivity index (χ3v) is 7.51. The molecular weight excluding hydrogens is 406 g/mol. The Bertz CT molecular complexity index is 1160. The summed E-state index contributed by atoms with van der Waals surface area (Å²) in [6.07, 6.45) is 0. The summed E-state index contributed by atoms with van der Waals surface area (Å²) in [7, 11) is -5.19. The molecule has 11 heteroatoms. The lowest BCUT2D eigenvalue weighted by molar-refractivity contribution is -0.385. The molecule has 0 bridgehead atoms. The van der Waals surface area contributed by atoms with Crippen molar-refractivity contribution >= 4 is 31.4 Å². The van der Waals surface area contributed by atoms with Crippen LogP contribution in [0, 0.1) is 30.9 Å². The first-order chi connectivity index (χ1) is 12.8. The van der Waals surface area contributed by atoms with Gasteiger partial charge in [0.15, 0.2) is 0 Å². The van der Waals surface area contributed by atoms with E-state index in [-0.39, 0.29) is 21.2 Å². The molecule has 0 unspecified atom stereocenters. The Morgan fingerprint density at radius 1 is 0.929 bits per heavy atom. The molecular formula is C17H21N3O6S2. The molecule has 0 heterocycles. The van der Waals surface area contributed by atoms with Crippen LogP contribution in [-0.2, 0) is 20.0 Å². The fourth-order valence-corrected chi connectivity index (χ4v) is 4.60. The fraction of sp³-hybridized carbons (Fsp3) is 0.294. The first-order valence-electron chi connectivity index (χ1n) is 8.09. The Balaban J connectivity index is 2.57. The van der Waals surface area contributed by atoms with Gasteiger partial charge in [-0.15, -0.1) is 0 Å². The van der Waals surface area contributed by atoms with Crippen LogP contribution in [0.1, 0.15) is 16.7 Å². The van der Waals surface area contributed by atoms with Crippen LogP contribution in [0.5, 0.6) is 0 Å². The van der Waals surface area contributed by atoms with Gasteiger partial charge in [0.1, 0.15) is 0 Å². The molecule has 0 radical (unpaired) electrons. The molecule has 0 aliphatic heterocycles. The topological polar surface area (TPSA) is 127 Å². The number of nitro benzene ring substituents is 1. The van der Waals surface area contributed by atoms with E-state index >= 15 is 0 Å². The van der Waals surface area contributed by atoms with Crippen LogP contribution in [0.2, 0.25) is 0 Å². The lowest BCUT2D eigenvalue weighted by Crippen LogP contribution is -2.23. The second-order valence-corrected chi connectivity index (χ2v) is 10.3. The molecule has 0 fully saturated rings. The number of benzene rings is 2. The molecule has 1 N–H and O–H groups in total. The highest BCUT2D eigenvalue weighted by Crippen LogP contribution is 2.29. The summed E-state index contributed by atoms with van der Waals surface area (Å²) >= 11 is 0. The number of hydrogen-bond donors (Lipinski definition) is 1. The van der Waals surface area contributed by atoms with Gasteiger partial charge in [-0.2, -0.15) is 0 Å². The maximum atomic E-state index is 12.8. The number of hydrogen-bond acceptors (Lipinski definition) is 6. The van der Waals surface area contributed by atoms with E-state index in [1.807, 2.05) is 0 Å². The van der Waals surface area contributed by atoms with Gasteiger partial charge in [0.25, 0.3) is 15.7 Å². The van der Waals surface area contributed by atoms with Gasteiger partial charge in [-0.25, -0.2) is 21.1 Å². The molecule has 2 aromatic rings. The molecule has 0 atom stereocenters. The van der Waals surface area contributed by atoms with Crippen LogP contribution in [0.15, 0.2) is 40.1 Å². The number of nitrogens with zero attached hydrogens (tertiary/aromatic N) is 2. The molecule has 0 amide bonds. The molecule has 9 nitrogen and oxygen atoms in total. The summed E-state index contributed by atoms with van der Waals surface area (Å²) in [4.78, 5) is 10.1. The zero-order valence-corrected chi connectivity index (χ0v) is 17.7. The molecule has 0 spiro atoms. The van der Waals surface area contributed by atoms with E-state index in [0.717, 1.165) is 10.4 Å². The van der Waals surface area contributed by atoms with Gasteiger partial charge < -0.3 is 0 Å². The molecule has 0 aliphatic carbocycles. The van der Waals surface area contributed by atoms with E-state index in [2.05, 4.69) is 4.72 Å². The van der Waals surface area contributed by atoms with Crippen LogP contribution < -0.4 is 4.72 Å². The highest BCUT2D eigenvalue weighted by molar-refractivity contribution is 7.92. The molecule has 2 rings (SSSR count). The van der Waals surface area contributed by atoms with Gasteiger partial charge in [0, 0.05) is 25.7 Å². The lowest BCUT2D eigenvalue weighted by Gasteiger charge is -2.17. The highest BCUT2D eigenvalue weighted by atomic mass is 32.2. The summed E-state index contributed by atoms with van der Waals surface area (Å²) in [6, 6.07) is 6.27. The first kappa shape index (κ1) is 21.8. The smallest absolute Gasteiger partial charge is 0.273 e. The third kappa shape index (κ3) is 4.16. The van der Waals surface area contributed by atoms with E-state index in [1.165, 1.54) is 45.3 Å². The minimum absolute atomic E-state index is 0.0619. The number of aryl methyl sites for hydroxylation is 2. The Hall–Kier alpha value is -2.50. The highest BCUT2D eigenvalue weighted by Gasteiger charge is 2.23. The summed E-state index contributed by atoms with van der Waals surface area (Å²) in [5.74, 6) is 0. The van der Waals surface area contributed by atoms with Crippen molar-refractivity contribution in [2.75, 3.05) is 18.8 Å². The average molecular weight is 428 g/mol. The Morgan fingerprint density at radius 2 is 1.54 bits per heavy atom. The Kier molecular flexibility index (Phi) is 5.83. The van der Waals surface area contributed by atoms with Gasteiger partial charge >= 0.3 is 0 Å². The lowest BCUT2D eigenvalue weighted by atomic mass is 10.1. The summed E-state index contributed by atoms with van der Waals surface area (Å²) < 4.78 is 53.7. The molecule has 28 heavy (non-hydrogen) atoms. The SMILES string of the molecule is Cc1ccc(S(=O)(=O)Nc2cc(S(=O)(=O)N(C)C)cc(C)c2C)cc1[N+](=O)[O-]. The predicted molar refractivity (Wildman–Crippen MR) is 105 cm³/mol. The van der Waals surface area contributed by atoms with Crippen LogP contribution in [0.4, 0.5) is 11.4 Å². The van der Waals surface area contributed by atoms with Crippen molar-refractivity contribution in [2.45, 2.75) is 30.6 Å². The first-order valence-corrected chi connectivity index (χ1v) is 11.0. The van der Waals surface area contributed by atoms with Gasteiger partial charge in [-0.1, -0.05) is 6.07 Å². The molecule has 0 aliphatic rings. The molecule has 0 aromatic heterocycles. The van der Waals surface area contributed by atoms with Crippen LogP contribution in [0.3, 0.4) is 0 Å². The summed E-state index contributed by atoms with van der Waals surface area (Å²) in [5.41, 5.74) is 1.22. The van der Waals surface area contributed by atoms with Crippen molar-refractivity contribution < 1.29 is 21.8 Å². The number of rotatable bonds is 6. The number of anilines is 1. The number of sulfonamides is 2. The predicted octanol–water partition coefficient (Wildman–Crippen LogP) is 2.57. The Morgan fingerprint density at radius 3 is 2.07 bits per heavy atom.